The van der Waals surface area contributed by atoms with Crippen LogP contribution in [0.5, 0.6) is 5.75 Å². The molecule has 18 heteroatoms. The van der Waals surface area contributed by atoms with Crippen molar-refractivity contribution in [1.82, 2.24) is 9.78 Å². The summed E-state index contributed by atoms with van der Waals surface area (Å²) in [6.45, 7) is 3.48. The lowest BCUT2D eigenvalue weighted by atomic mass is 10.1. The van der Waals surface area contributed by atoms with Crippen molar-refractivity contribution >= 4 is 49.5 Å². The maximum Gasteiger partial charge on any atom is 0.365 e. The molecule has 1 aliphatic heterocycles. The lowest BCUT2D eigenvalue weighted by molar-refractivity contribution is -0.127. The molecule has 222 valence electrons. The molecule has 3 aromatic rings. The summed E-state index contributed by atoms with van der Waals surface area (Å²) >= 11 is 0. The number of carbonyl (C=O) groups excluding carboxylic acids is 2. The third kappa shape index (κ3) is 6.26. The number of esters is 1. The number of carboxylic acids is 1. The van der Waals surface area contributed by atoms with Gasteiger partial charge in [0.25, 0.3) is 26.1 Å². The number of rotatable bonds is 9. The molecule has 4 rings (SSSR count). The van der Waals surface area contributed by atoms with Crippen molar-refractivity contribution in [3.8, 4) is 11.4 Å². The van der Waals surface area contributed by atoms with Crippen molar-refractivity contribution in [3.63, 3.8) is 0 Å². The van der Waals surface area contributed by atoms with E-state index in [1.54, 1.807) is 0 Å². The molecular weight excluding hydrogens is 612 g/mol. The Bertz CT molecular complexity index is 2040. The summed E-state index contributed by atoms with van der Waals surface area (Å²) in [7, 11) is -9.11. The Morgan fingerprint density at radius 1 is 0.884 bits per heavy atom. The topological polar surface area (TPSA) is 243 Å². The number of anilines is 1. The molecule has 0 fully saturated rings. The first kappa shape index (κ1) is 30.5. The molecule has 0 saturated carbocycles. The molecule has 0 spiro atoms. The van der Waals surface area contributed by atoms with Gasteiger partial charge in [-0.3, -0.25) is 23.8 Å². The lowest BCUT2D eigenvalue weighted by Crippen LogP contribution is -2.26. The number of amides is 1. The number of H-pyrrole nitrogens is 1. The van der Waals surface area contributed by atoms with E-state index in [0.717, 1.165) is 48.5 Å². The van der Waals surface area contributed by atoms with E-state index < -0.39 is 70.6 Å². The highest BCUT2D eigenvalue weighted by Crippen LogP contribution is 2.26. The number of aromatic carboxylic acids is 1. The van der Waals surface area contributed by atoms with Crippen molar-refractivity contribution in [1.29, 1.82) is 0 Å². The van der Waals surface area contributed by atoms with Gasteiger partial charge >= 0.3 is 17.5 Å². The van der Waals surface area contributed by atoms with Gasteiger partial charge in [0.15, 0.2) is 11.4 Å². The molecule has 2 aromatic carbocycles. The fraction of sp³-hybridized carbons (Fsp3) is 0. The number of hydrogen-bond donors (Lipinski definition) is 4. The molecule has 0 bridgehead atoms. The van der Waals surface area contributed by atoms with Gasteiger partial charge in [-0.25, -0.2) is 14.3 Å². The fourth-order valence-corrected chi connectivity index (χ4v) is 4.59. The second-order valence-corrected chi connectivity index (χ2v) is 11.2. The largest absolute Gasteiger partial charge is 0.476 e. The highest BCUT2D eigenvalue weighted by atomic mass is 32.2. The van der Waals surface area contributed by atoms with Gasteiger partial charge in [-0.15, -0.1) is 0 Å². The summed E-state index contributed by atoms with van der Waals surface area (Å²) in [5.74, 6) is -5.02. The number of carboxylic acid groups (broad SMARTS) is 1. The van der Waals surface area contributed by atoms with Gasteiger partial charge in [-0.1, -0.05) is 24.8 Å². The lowest BCUT2D eigenvalue weighted by Gasteiger charge is -2.11. The number of aromatic amines is 1. The number of nitrogens with zero attached hydrogens (tertiary/aromatic N) is 3. The van der Waals surface area contributed by atoms with Crippen LogP contribution in [-0.2, 0) is 29.8 Å². The van der Waals surface area contributed by atoms with Crippen molar-refractivity contribution in [2.24, 2.45) is 5.10 Å². The van der Waals surface area contributed by atoms with E-state index >= 15 is 0 Å². The van der Waals surface area contributed by atoms with Crippen molar-refractivity contribution in [3.05, 3.63) is 101 Å². The zero-order valence-electron chi connectivity index (χ0n) is 21.3. The molecule has 4 N–H and O–H groups in total. The first-order chi connectivity index (χ1) is 20.1. The van der Waals surface area contributed by atoms with Crippen molar-refractivity contribution in [2.45, 2.75) is 9.79 Å². The molecule has 0 saturated heterocycles. The van der Waals surface area contributed by atoms with E-state index in [1.165, 1.54) is 24.3 Å². The van der Waals surface area contributed by atoms with Crippen molar-refractivity contribution in [2.75, 3.05) is 5.01 Å². The van der Waals surface area contributed by atoms with Crippen LogP contribution in [0.4, 0.5) is 5.69 Å². The highest BCUT2D eigenvalue weighted by molar-refractivity contribution is 7.86. The van der Waals surface area contributed by atoms with Crippen LogP contribution in [0.25, 0.3) is 5.69 Å². The molecule has 1 amide bonds. The summed E-state index contributed by atoms with van der Waals surface area (Å²) in [5.41, 5.74) is -3.19. The number of allylic oxidation sites excluding steroid dienone is 4. The maximum atomic E-state index is 13.2. The number of hydrogen-bond acceptors (Lipinski definition) is 10. The van der Waals surface area contributed by atoms with Crippen molar-refractivity contribution < 1.29 is 50.2 Å². The first-order valence-electron chi connectivity index (χ1n) is 11.5. The van der Waals surface area contributed by atoms with Gasteiger partial charge in [-0.05, 0) is 54.6 Å². The second kappa shape index (κ2) is 11.4. The molecule has 2 heterocycles. The number of ether oxygens (including phenoxy) is 1. The summed E-state index contributed by atoms with van der Waals surface area (Å²) in [6.07, 6.45) is 5.27. The molecule has 1 aromatic heterocycles. The Morgan fingerprint density at radius 2 is 1.42 bits per heavy atom. The Labute approximate surface area is 241 Å². The zero-order chi connectivity index (χ0) is 31.7. The normalized spacial score (nSPS) is 14.7. The minimum absolute atomic E-state index is 0.0256. The van der Waals surface area contributed by atoms with E-state index in [1.807, 2.05) is 0 Å². The first-order valence-corrected chi connectivity index (χ1v) is 14.4. The molecular formula is C25H18N4O12S2. The predicted molar refractivity (Wildman–Crippen MR) is 147 cm³/mol. The SMILES string of the molecule is C=CC=CC=C1C(=O)N(c2ccc(S(=O)(=O)O)cc2)N=C1C(=O)Oc1c(C(=O)O)[nH]n(-c2ccc(S(=O)(=O)O)cc2)c1=O. The monoisotopic (exact) mass is 630 g/mol. The van der Waals surface area contributed by atoms with Gasteiger partial charge in [-0.2, -0.15) is 26.9 Å². The van der Waals surface area contributed by atoms with Crippen LogP contribution >= 0.6 is 0 Å². The van der Waals surface area contributed by atoms with Crippen LogP contribution in [0.2, 0.25) is 0 Å². The average Bonchev–Trinajstić information content (AvgIpc) is 3.44. The average molecular weight is 631 g/mol. The number of hydrazone groups is 1. The molecule has 0 unspecified atom stereocenters. The number of aromatic nitrogens is 2. The number of nitrogens with one attached hydrogen (secondary N) is 1. The van der Waals surface area contributed by atoms with Crippen LogP contribution in [0.15, 0.2) is 105 Å². The van der Waals surface area contributed by atoms with E-state index in [0.29, 0.717) is 9.69 Å². The van der Waals surface area contributed by atoms with Gasteiger partial charge in [0, 0.05) is 0 Å². The maximum absolute atomic E-state index is 13.2. The molecule has 0 atom stereocenters. The predicted octanol–water partition coefficient (Wildman–Crippen LogP) is 1.33. The molecule has 0 aliphatic carbocycles. The second-order valence-electron chi connectivity index (χ2n) is 8.36. The Morgan fingerprint density at radius 3 is 1.91 bits per heavy atom. The number of benzene rings is 2. The molecule has 0 radical (unpaired) electrons. The fourth-order valence-electron chi connectivity index (χ4n) is 3.63. The summed E-state index contributed by atoms with van der Waals surface area (Å²) in [4.78, 5) is 50.3. The quantitative estimate of drug-likeness (QED) is 0.113. The highest BCUT2D eigenvalue weighted by Gasteiger charge is 2.37. The van der Waals surface area contributed by atoms with E-state index in [9.17, 15) is 45.7 Å². The van der Waals surface area contributed by atoms with Gasteiger partial charge in [0.05, 0.1) is 26.7 Å². The van der Waals surface area contributed by atoms with Gasteiger partial charge < -0.3 is 9.84 Å². The van der Waals surface area contributed by atoms with E-state index in [2.05, 4.69) is 16.8 Å². The third-order valence-electron chi connectivity index (χ3n) is 5.61. The minimum atomic E-state index is -4.56. The smallest absolute Gasteiger partial charge is 0.365 e. The molecule has 1 aliphatic rings. The van der Waals surface area contributed by atoms with Gasteiger partial charge in [0.1, 0.15) is 0 Å². The summed E-state index contributed by atoms with van der Waals surface area (Å²) in [5, 5.41) is 16.5. The summed E-state index contributed by atoms with van der Waals surface area (Å²) < 4.78 is 69.4. The van der Waals surface area contributed by atoms with Gasteiger partial charge in [0.2, 0.25) is 5.75 Å². The molecule has 16 nitrogen and oxygen atoms in total. The van der Waals surface area contributed by atoms with E-state index in [-0.39, 0.29) is 16.9 Å². The zero-order valence-corrected chi connectivity index (χ0v) is 22.9. The van der Waals surface area contributed by atoms with Crippen LogP contribution in [0, 0.1) is 0 Å². The Kier molecular flexibility index (Phi) is 8.13. The van der Waals surface area contributed by atoms with Crippen LogP contribution in [-0.4, -0.2) is 64.4 Å². The minimum Gasteiger partial charge on any atom is -0.476 e. The molecule has 43 heavy (non-hydrogen) atoms. The van der Waals surface area contributed by atoms with Crippen LogP contribution in [0.3, 0.4) is 0 Å². The Hall–Kier alpha value is -5.43. The summed E-state index contributed by atoms with van der Waals surface area (Å²) in [6, 6.07) is 8.21. The van der Waals surface area contributed by atoms with Crippen LogP contribution < -0.4 is 15.3 Å². The van der Waals surface area contributed by atoms with E-state index in [4.69, 9.17) is 9.29 Å². The standard InChI is InChI=1S/C25H18N4O12S2/c1-2-3-4-5-18-19(26-28(22(18)30)14-6-10-16(11-7-14)42(35,36)37)25(34)41-21-20(24(32)33)27-29(23(21)31)15-8-12-17(13-9-15)43(38,39)40/h2-13,27H,1H2,(H,32,33)(H,35,36,37)(H,38,39,40). The number of carbonyl (C=O) groups is 3. The van der Waals surface area contributed by atoms with Crippen LogP contribution in [0.1, 0.15) is 10.5 Å². The Balaban J connectivity index is 1.75. The third-order valence-corrected chi connectivity index (χ3v) is 7.35.